The predicted molar refractivity (Wildman–Crippen MR) is 118 cm³/mol. The molecule has 0 saturated heterocycles. The maximum absolute atomic E-state index is 12.3. The number of hydrogen-bond acceptors (Lipinski definition) is 3. The summed E-state index contributed by atoms with van der Waals surface area (Å²) in [4.78, 5) is 23.0. The second-order valence-electron chi connectivity index (χ2n) is 7.27. The van der Waals surface area contributed by atoms with Crippen LogP contribution in [-0.4, -0.2) is 32.1 Å². The average molecular weight is 415 g/mol. The van der Waals surface area contributed by atoms with Crippen molar-refractivity contribution < 1.29 is 9.59 Å². The SMILES string of the molecule is O=CNCC(CCCc1ccccc1)CNC(=O)Nc1cc(Cl)c2c(c1)NCC2. The van der Waals surface area contributed by atoms with E-state index in [0.717, 1.165) is 43.5 Å². The molecule has 2 aromatic rings. The van der Waals surface area contributed by atoms with E-state index in [4.69, 9.17) is 11.6 Å². The van der Waals surface area contributed by atoms with Gasteiger partial charge in [-0.05, 0) is 54.9 Å². The van der Waals surface area contributed by atoms with Crippen LogP contribution in [0, 0.1) is 5.92 Å². The van der Waals surface area contributed by atoms with Crippen molar-refractivity contribution in [3.05, 3.63) is 58.6 Å². The van der Waals surface area contributed by atoms with Crippen molar-refractivity contribution >= 4 is 35.4 Å². The standard InChI is InChI=1S/C22H27ClN4O2/c23-20-11-18(12-21-19(20)9-10-25-21)27-22(29)26-14-17(13-24-15-28)8-4-7-16-5-2-1-3-6-16/h1-3,5-6,11-12,15,17,25H,4,7-10,13-14H2,(H,24,28)(H2,26,27,29). The molecule has 0 aromatic heterocycles. The lowest BCUT2D eigenvalue weighted by Crippen LogP contribution is -2.36. The fourth-order valence-electron chi connectivity index (χ4n) is 3.59. The molecule has 0 fully saturated rings. The number of carbonyl (C=O) groups excluding carboxylic acids is 2. The monoisotopic (exact) mass is 414 g/mol. The molecule has 1 unspecified atom stereocenters. The molecule has 0 spiro atoms. The van der Waals surface area contributed by atoms with E-state index in [2.05, 4.69) is 33.4 Å². The molecule has 0 aliphatic carbocycles. The van der Waals surface area contributed by atoms with Crippen LogP contribution in [-0.2, 0) is 17.6 Å². The van der Waals surface area contributed by atoms with Crippen LogP contribution in [0.15, 0.2) is 42.5 Å². The molecule has 3 amide bonds. The fraction of sp³-hybridized carbons (Fsp3) is 0.364. The molecule has 1 atom stereocenters. The lowest BCUT2D eigenvalue weighted by atomic mass is 9.99. The highest BCUT2D eigenvalue weighted by Gasteiger charge is 2.16. The van der Waals surface area contributed by atoms with Crippen molar-refractivity contribution in [1.29, 1.82) is 0 Å². The summed E-state index contributed by atoms with van der Waals surface area (Å²) in [5.74, 6) is 0.167. The zero-order valence-electron chi connectivity index (χ0n) is 16.3. The summed E-state index contributed by atoms with van der Waals surface area (Å²) in [7, 11) is 0. The molecule has 0 radical (unpaired) electrons. The van der Waals surface area contributed by atoms with E-state index in [9.17, 15) is 9.59 Å². The molecule has 2 aromatic carbocycles. The molecule has 1 heterocycles. The highest BCUT2D eigenvalue weighted by Crippen LogP contribution is 2.32. The molecule has 0 bridgehead atoms. The van der Waals surface area contributed by atoms with Gasteiger partial charge in [0.15, 0.2) is 0 Å². The third kappa shape index (κ3) is 6.39. The number of rotatable bonds is 10. The van der Waals surface area contributed by atoms with Gasteiger partial charge in [-0.2, -0.15) is 0 Å². The van der Waals surface area contributed by atoms with Crippen LogP contribution >= 0.6 is 11.6 Å². The van der Waals surface area contributed by atoms with E-state index >= 15 is 0 Å². The van der Waals surface area contributed by atoms with Crippen molar-refractivity contribution in [2.45, 2.75) is 25.7 Å². The number of amides is 3. The minimum atomic E-state index is -0.279. The smallest absolute Gasteiger partial charge is 0.319 e. The van der Waals surface area contributed by atoms with Gasteiger partial charge in [-0.3, -0.25) is 4.79 Å². The van der Waals surface area contributed by atoms with Gasteiger partial charge in [-0.25, -0.2) is 4.79 Å². The van der Waals surface area contributed by atoms with Gasteiger partial charge in [0.25, 0.3) is 0 Å². The Morgan fingerprint density at radius 2 is 2.03 bits per heavy atom. The van der Waals surface area contributed by atoms with Crippen LogP contribution in [0.3, 0.4) is 0 Å². The molecule has 3 rings (SSSR count). The summed E-state index contributed by atoms with van der Waals surface area (Å²) in [5.41, 5.74) is 4.02. The number of aryl methyl sites for hydroxylation is 1. The van der Waals surface area contributed by atoms with E-state index in [1.54, 1.807) is 6.07 Å². The van der Waals surface area contributed by atoms with Gasteiger partial charge in [-0.1, -0.05) is 41.9 Å². The van der Waals surface area contributed by atoms with Crippen LogP contribution in [0.4, 0.5) is 16.2 Å². The van der Waals surface area contributed by atoms with Gasteiger partial charge in [0.1, 0.15) is 0 Å². The summed E-state index contributed by atoms with van der Waals surface area (Å²) in [6.45, 7) is 1.88. The molecular formula is C22H27ClN4O2. The van der Waals surface area contributed by atoms with Gasteiger partial charge in [-0.15, -0.1) is 0 Å². The van der Waals surface area contributed by atoms with Crippen LogP contribution in [0.1, 0.15) is 24.0 Å². The third-order valence-corrected chi connectivity index (χ3v) is 5.44. The van der Waals surface area contributed by atoms with E-state index in [-0.39, 0.29) is 11.9 Å². The summed E-state index contributed by atoms with van der Waals surface area (Å²) < 4.78 is 0. The lowest BCUT2D eigenvalue weighted by molar-refractivity contribution is -0.109. The summed E-state index contributed by atoms with van der Waals surface area (Å²) in [6, 6.07) is 13.7. The third-order valence-electron chi connectivity index (χ3n) is 5.11. The van der Waals surface area contributed by atoms with Gasteiger partial charge < -0.3 is 21.3 Å². The van der Waals surface area contributed by atoms with Gasteiger partial charge >= 0.3 is 6.03 Å². The number of urea groups is 1. The Morgan fingerprint density at radius 3 is 2.83 bits per heavy atom. The first kappa shape index (κ1) is 21.0. The zero-order valence-corrected chi connectivity index (χ0v) is 17.1. The maximum atomic E-state index is 12.3. The number of benzene rings is 2. The molecule has 154 valence electrons. The highest BCUT2D eigenvalue weighted by molar-refractivity contribution is 6.32. The average Bonchev–Trinajstić information content (AvgIpc) is 3.19. The lowest BCUT2D eigenvalue weighted by Gasteiger charge is -2.18. The van der Waals surface area contributed by atoms with Crippen LogP contribution in [0.25, 0.3) is 0 Å². The first-order valence-electron chi connectivity index (χ1n) is 9.98. The summed E-state index contributed by atoms with van der Waals surface area (Å²) >= 11 is 6.30. The van der Waals surface area contributed by atoms with Crippen molar-refractivity contribution in [2.75, 3.05) is 30.3 Å². The number of halogens is 1. The molecular weight excluding hydrogens is 388 g/mol. The maximum Gasteiger partial charge on any atom is 0.319 e. The highest BCUT2D eigenvalue weighted by atomic mass is 35.5. The Hall–Kier alpha value is -2.73. The Labute approximate surface area is 176 Å². The Morgan fingerprint density at radius 1 is 1.21 bits per heavy atom. The number of hydrogen-bond donors (Lipinski definition) is 4. The Balaban J connectivity index is 1.47. The van der Waals surface area contributed by atoms with Crippen molar-refractivity contribution in [3.63, 3.8) is 0 Å². The Bertz CT molecular complexity index is 829. The Kier molecular flexibility index (Phi) is 7.76. The number of fused-ring (bicyclic) bond motifs is 1. The number of carbonyl (C=O) groups is 2. The van der Waals surface area contributed by atoms with Crippen molar-refractivity contribution in [2.24, 2.45) is 5.92 Å². The van der Waals surface area contributed by atoms with E-state index in [0.29, 0.717) is 30.2 Å². The zero-order chi connectivity index (χ0) is 20.5. The van der Waals surface area contributed by atoms with Crippen LogP contribution < -0.4 is 21.3 Å². The fourth-order valence-corrected chi connectivity index (χ4v) is 3.90. The normalized spacial score (nSPS) is 13.1. The van der Waals surface area contributed by atoms with Crippen LogP contribution in [0.2, 0.25) is 5.02 Å². The molecule has 4 N–H and O–H groups in total. The second-order valence-corrected chi connectivity index (χ2v) is 7.67. The molecule has 0 saturated carbocycles. The molecule has 1 aliphatic heterocycles. The van der Waals surface area contributed by atoms with Gasteiger partial charge in [0, 0.05) is 36.0 Å². The predicted octanol–water partition coefficient (Wildman–Crippen LogP) is 3.81. The first-order chi connectivity index (χ1) is 14.2. The quantitative estimate of drug-likeness (QED) is 0.446. The first-order valence-corrected chi connectivity index (χ1v) is 10.4. The second kappa shape index (κ2) is 10.7. The minimum absolute atomic E-state index is 0.167. The minimum Gasteiger partial charge on any atom is -0.384 e. The van der Waals surface area contributed by atoms with Gasteiger partial charge in [0.05, 0.1) is 0 Å². The summed E-state index contributed by atoms with van der Waals surface area (Å²) in [6.07, 6.45) is 4.47. The number of anilines is 2. The number of nitrogens with one attached hydrogen (secondary N) is 4. The van der Waals surface area contributed by atoms with E-state index in [1.807, 2.05) is 24.3 Å². The topological polar surface area (TPSA) is 82.3 Å². The van der Waals surface area contributed by atoms with Crippen LogP contribution in [0.5, 0.6) is 0 Å². The van der Waals surface area contributed by atoms with Crippen molar-refractivity contribution in [3.8, 4) is 0 Å². The molecule has 7 heteroatoms. The molecule has 29 heavy (non-hydrogen) atoms. The summed E-state index contributed by atoms with van der Waals surface area (Å²) in [5, 5.41) is 12.4. The molecule has 6 nitrogen and oxygen atoms in total. The van der Waals surface area contributed by atoms with Gasteiger partial charge in [0.2, 0.25) is 6.41 Å². The van der Waals surface area contributed by atoms with Crippen molar-refractivity contribution in [1.82, 2.24) is 10.6 Å². The van der Waals surface area contributed by atoms with E-state index < -0.39 is 0 Å². The largest absolute Gasteiger partial charge is 0.384 e. The van der Waals surface area contributed by atoms with E-state index in [1.165, 1.54) is 5.56 Å². The molecule has 1 aliphatic rings.